The summed E-state index contributed by atoms with van der Waals surface area (Å²) in [5.41, 5.74) is 2.55. The minimum absolute atomic E-state index is 0.190. The third kappa shape index (κ3) is 1.96. The molecule has 2 saturated heterocycles. The molecule has 0 saturated carbocycles. The van der Waals surface area contributed by atoms with Gasteiger partial charge in [0.1, 0.15) is 0 Å². The van der Waals surface area contributed by atoms with Gasteiger partial charge in [-0.05, 0) is 11.1 Å². The Balaban J connectivity index is 1.59. The molecule has 20 heavy (non-hydrogen) atoms. The van der Waals surface area contributed by atoms with Gasteiger partial charge in [-0.25, -0.2) is 0 Å². The number of ether oxygens (including phenoxy) is 2. The summed E-state index contributed by atoms with van der Waals surface area (Å²) in [6.07, 6.45) is 0.379. The Hall–Kier alpha value is -1.64. The van der Waals surface area contributed by atoms with Gasteiger partial charge in [-0.15, -0.1) is 0 Å². The van der Waals surface area contributed by atoms with Gasteiger partial charge in [0, 0.05) is 11.8 Å². The van der Waals surface area contributed by atoms with Crippen LogP contribution in [-0.2, 0) is 9.47 Å². The molecule has 2 nitrogen and oxygen atoms in total. The molecular formula is C18H18O2. The fourth-order valence-electron chi connectivity index (χ4n) is 3.52. The van der Waals surface area contributed by atoms with Crippen LogP contribution in [0.3, 0.4) is 0 Å². The van der Waals surface area contributed by atoms with Crippen molar-refractivity contribution in [3.63, 3.8) is 0 Å². The van der Waals surface area contributed by atoms with E-state index in [0.717, 1.165) is 13.2 Å². The van der Waals surface area contributed by atoms with Crippen LogP contribution in [0.1, 0.15) is 23.3 Å². The van der Waals surface area contributed by atoms with E-state index in [2.05, 4.69) is 48.5 Å². The molecule has 2 heterocycles. The summed E-state index contributed by atoms with van der Waals surface area (Å²) in [7, 11) is 0. The van der Waals surface area contributed by atoms with Crippen LogP contribution in [0.25, 0.3) is 0 Å². The van der Waals surface area contributed by atoms with E-state index in [-0.39, 0.29) is 12.2 Å². The van der Waals surface area contributed by atoms with Crippen molar-refractivity contribution in [2.24, 2.45) is 11.8 Å². The Morgan fingerprint density at radius 3 is 1.40 bits per heavy atom. The second-order valence-corrected chi connectivity index (χ2v) is 5.66. The fourth-order valence-corrected chi connectivity index (χ4v) is 3.52. The molecule has 2 aliphatic rings. The van der Waals surface area contributed by atoms with Crippen molar-refractivity contribution in [3.8, 4) is 0 Å². The zero-order valence-electron chi connectivity index (χ0n) is 11.3. The maximum atomic E-state index is 6.08. The van der Waals surface area contributed by atoms with E-state index in [0.29, 0.717) is 11.8 Å². The quantitative estimate of drug-likeness (QED) is 0.824. The number of fused-ring (bicyclic) bond motifs is 1. The van der Waals surface area contributed by atoms with E-state index in [4.69, 9.17) is 9.47 Å². The van der Waals surface area contributed by atoms with Gasteiger partial charge in [-0.3, -0.25) is 0 Å². The molecule has 4 atom stereocenters. The summed E-state index contributed by atoms with van der Waals surface area (Å²) in [5.74, 6) is 0.949. The van der Waals surface area contributed by atoms with Crippen LogP contribution in [0.15, 0.2) is 60.7 Å². The summed E-state index contributed by atoms with van der Waals surface area (Å²) in [5, 5.41) is 0. The molecular weight excluding hydrogens is 248 g/mol. The predicted molar refractivity (Wildman–Crippen MR) is 77.3 cm³/mol. The lowest BCUT2D eigenvalue weighted by Gasteiger charge is -2.16. The Labute approximate surface area is 119 Å². The molecule has 2 aromatic carbocycles. The highest BCUT2D eigenvalue weighted by molar-refractivity contribution is 5.24. The number of hydrogen-bond acceptors (Lipinski definition) is 2. The second kappa shape index (κ2) is 5.04. The van der Waals surface area contributed by atoms with E-state index in [1.54, 1.807) is 0 Å². The molecule has 4 rings (SSSR count). The minimum atomic E-state index is 0.190. The van der Waals surface area contributed by atoms with Gasteiger partial charge in [0.15, 0.2) is 0 Å². The molecule has 0 aromatic heterocycles. The highest BCUT2D eigenvalue weighted by Crippen LogP contribution is 2.49. The van der Waals surface area contributed by atoms with E-state index in [1.165, 1.54) is 11.1 Å². The third-order valence-corrected chi connectivity index (χ3v) is 4.52. The fraction of sp³-hybridized carbons (Fsp3) is 0.333. The Kier molecular flexibility index (Phi) is 3.06. The maximum Gasteiger partial charge on any atom is 0.0879 e. The molecule has 2 aromatic rings. The lowest BCUT2D eigenvalue weighted by atomic mass is 9.85. The highest BCUT2D eigenvalue weighted by Gasteiger charge is 2.47. The lowest BCUT2D eigenvalue weighted by molar-refractivity contribution is 0.0193. The standard InChI is InChI=1S/C18H18O2/c1-3-7-13(8-4-1)17-15-11-20-18(16(15)12-19-17)14-9-5-2-6-10-14/h1-10,15-18H,11-12H2/t15-,16-,17+,18+/m0/s1. The Morgan fingerprint density at radius 2 is 1.00 bits per heavy atom. The average Bonchev–Trinajstić information content (AvgIpc) is 3.10. The summed E-state index contributed by atoms with van der Waals surface area (Å²) in [4.78, 5) is 0. The first-order valence-corrected chi connectivity index (χ1v) is 7.26. The normalized spacial score (nSPS) is 32.2. The van der Waals surface area contributed by atoms with Crippen molar-refractivity contribution >= 4 is 0 Å². The van der Waals surface area contributed by atoms with E-state index < -0.39 is 0 Å². The van der Waals surface area contributed by atoms with E-state index in [9.17, 15) is 0 Å². The summed E-state index contributed by atoms with van der Waals surface area (Å²) >= 11 is 0. The van der Waals surface area contributed by atoms with Gasteiger partial charge in [-0.2, -0.15) is 0 Å². The van der Waals surface area contributed by atoms with Crippen molar-refractivity contribution in [1.29, 1.82) is 0 Å². The molecule has 0 aliphatic carbocycles. The monoisotopic (exact) mass is 266 g/mol. The van der Waals surface area contributed by atoms with Gasteiger partial charge in [0.05, 0.1) is 25.4 Å². The molecule has 0 N–H and O–H groups in total. The van der Waals surface area contributed by atoms with Crippen molar-refractivity contribution in [3.05, 3.63) is 71.8 Å². The number of rotatable bonds is 2. The summed E-state index contributed by atoms with van der Waals surface area (Å²) < 4.78 is 12.2. The van der Waals surface area contributed by atoms with E-state index >= 15 is 0 Å². The largest absolute Gasteiger partial charge is 0.373 e. The Bertz CT molecular complexity index is 513. The minimum Gasteiger partial charge on any atom is -0.373 e. The smallest absolute Gasteiger partial charge is 0.0879 e. The van der Waals surface area contributed by atoms with Crippen LogP contribution in [0.4, 0.5) is 0 Å². The summed E-state index contributed by atoms with van der Waals surface area (Å²) in [6, 6.07) is 21.0. The van der Waals surface area contributed by atoms with Crippen LogP contribution in [-0.4, -0.2) is 13.2 Å². The molecule has 2 fully saturated rings. The van der Waals surface area contributed by atoms with Gasteiger partial charge in [0.25, 0.3) is 0 Å². The highest BCUT2D eigenvalue weighted by atomic mass is 16.5. The predicted octanol–water partition coefficient (Wildman–Crippen LogP) is 3.76. The van der Waals surface area contributed by atoms with Crippen LogP contribution >= 0.6 is 0 Å². The molecule has 2 heteroatoms. The second-order valence-electron chi connectivity index (χ2n) is 5.66. The zero-order chi connectivity index (χ0) is 13.4. The van der Waals surface area contributed by atoms with Crippen LogP contribution in [0, 0.1) is 11.8 Å². The molecule has 0 amide bonds. The van der Waals surface area contributed by atoms with Crippen molar-refractivity contribution in [2.75, 3.05) is 13.2 Å². The SMILES string of the molecule is c1ccc([C@H]2OC[C@H]3[C@@H]2CO[C@@H]3c2ccccc2)cc1. The van der Waals surface area contributed by atoms with Crippen molar-refractivity contribution in [2.45, 2.75) is 12.2 Å². The first-order valence-electron chi connectivity index (χ1n) is 7.26. The molecule has 0 unspecified atom stereocenters. The van der Waals surface area contributed by atoms with Crippen LogP contribution in [0.2, 0.25) is 0 Å². The summed E-state index contributed by atoms with van der Waals surface area (Å²) in [6.45, 7) is 1.59. The van der Waals surface area contributed by atoms with Gasteiger partial charge >= 0.3 is 0 Å². The van der Waals surface area contributed by atoms with Crippen LogP contribution < -0.4 is 0 Å². The first-order chi connectivity index (χ1) is 9.93. The third-order valence-electron chi connectivity index (χ3n) is 4.52. The number of benzene rings is 2. The molecule has 0 bridgehead atoms. The Morgan fingerprint density at radius 1 is 0.600 bits per heavy atom. The van der Waals surface area contributed by atoms with Gasteiger partial charge in [-0.1, -0.05) is 60.7 Å². The maximum absolute atomic E-state index is 6.08. The molecule has 2 aliphatic heterocycles. The molecule has 0 radical (unpaired) electrons. The average molecular weight is 266 g/mol. The lowest BCUT2D eigenvalue weighted by Crippen LogP contribution is -2.14. The molecule has 102 valence electrons. The topological polar surface area (TPSA) is 18.5 Å². The van der Waals surface area contributed by atoms with E-state index in [1.807, 2.05) is 12.1 Å². The van der Waals surface area contributed by atoms with Gasteiger partial charge < -0.3 is 9.47 Å². The molecule has 0 spiro atoms. The van der Waals surface area contributed by atoms with Crippen molar-refractivity contribution in [1.82, 2.24) is 0 Å². The number of hydrogen-bond donors (Lipinski definition) is 0. The van der Waals surface area contributed by atoms with Crippen LogP contribution in [0.5, 0.6) is 0 Å². The zero-order valence-corrected chi connectivity index (χ0v) is 11.3. The van der Waals surface area contributed by atoms with Crippen molar-refractivity contribution < 1.29 is 9.47 Å². The first kappa shape index (κ1) is 12.1. The van der Waals surface area contributed by atoms with Gasteiger partial charge in [0.2, 0.25) is 0 Å².